The predicted molar refractivity (Wildman–Crippen MR) is 80.0 cm³/mol. The lowest BCUT2D eigenvalue weighted by molar-refractivity contribution is -0.118. The van der Waals surface area contributed by atoms with Crippen LogP contribution in [0.2, 0.25) is 0 Å². The monoisotopic (exact) mass is 270 g/mol. The summed E-state index contributed by atoms with van der Waals surface area (Å²) in [6.45, 7) is 5.52. The Kier molecular flexibility index (Phi) is 4.03. The Morgan fingerprint density at radius 3 is 2.35 bits per heavy atom. The second-order valence-corrected chi connectivity index (χ2v) is 4.91. The zero-order chi connectivity index (χ0) is 14.7. The molecule has 104 valence electrons. The van der Waals surface area contributed by atoms with Gasteiger partial charge in [-0.05, 0) is 39.0 Å². The lowest BCUT2D eigenvalue weighted by Crippen LogP contribution is -2.32. The molecule has 1 unspecified atom stereocenters. The maximum absolute atomic E-state index is 12.2. The molecule has 1 heterocycles. The van der Waals surface area contributed by atoms with Crippen LogP contribution in [0.4, 0.5) is 5.69 Å². The molecule has 4 heteroatoms. The first-order valence-electron chi connectivity index (χ1n) is 6.55. The molecule has 1 aromatic heterocycles. The summed E-state index contributed by atoms with van der Waals surface area (Å²) in [6, 6.07) is 12.0. The van der Waals surface area contributed by atoms with E-state index in [0.29, 0.717) is 0 Å². The third-order valence-electron chi connectivity index (χ3n) is 3.28. The fourth-order valence-electron chi connectivity index (χ4n) is 2.10. The number of nitrogens with one attached hydrogen (secondary N) is 1. The molecule has 2 rings (SSSR count). The van der Waals surface area contributed by atoms with Gasteiger partial charge in [-0.1, -0.05) is 23.8 Å². The molecule has 0 radical (unpaired) electrons. The van der Waals surface area contributed by atoms with Crippen LogP contribution in [0, 0.1) is 13.8 Å². The second-order valence-electron chi connectivity index (χ2n) is 4.91. The van der Waals surface area contributed by atoms with Crippen LogP contribution >= 0.6 is 0 Å². The van der Waals surface area contributed by atoms with Gasteiger partial charge in [0.25, 0.3) is 5.56 Å². The van der Waals surface area contributed by atoms with Crippen LogP contribution in [0.15, 0.2) is 47.3 Å². The summed E-state index contributed by atoms with van der Waals surface area (Å²) in [5, 5.41) is 2.82. The number of aryl methyl sites for hydroxylation is 2. The van der Waals surface area contributed by atoms with Gasteiger partial charge in [0, 0.05) is 17.4 Å². The normalized spacial score (nSPS) is 11.9. The number of nitrogens with zero attached hydrogens (tertiary/aromatic N) is 1. The average Bonchev–Trinajstić information content (AvgIpc) is 2.41. The standard InChI is InChI=1S/C16H18N2O2/c1-11-7-9-14(10-8-11)17-16(20)13(3)18-12(2)5-4-6-15(18)19/h4-10,13H,1-3H3,(H,17,20). The quantitative estimate of drug-likeness (QED) is 0.932. The Bertz CT molecular complexity index is 672. The minimum absolute atomic E-state index is 0.170. The number of hydrogen-bond donors (Lipinski definition) is 1. The molecule has 1 N–H and O–H groups in total. The minimum Gasteiger partial charge on any atom is -0.324 e. The smallest absolute Gasteiger partial charge is 0.251 e. The van der Waals surface area contributed by atoms with Crippen LogP contribution in [0.25, 0.3) is 0 Å². The van der Waals surface area contributed by atoms with Gasteiger partial charge in [-0.25, -0.2) is 0 Å². The van der Waals surface area contributed by atoms with Gasteiger partial charge in [-0.3, -0.25) is 9.59 Å². The average molecular weight is 270 g/mol. The molecule has 0 fully saturated rings. The van der Waals surface area contributed by atoms with E-state index in [0.717, 1.165) is 16.9 Å². The lowest BCUT2D eigenvalue weighted by atomic mass is 10.2. The predicted octanol–water partition coefficient (Wildman–Crippen LogP) is 2.66. The van der Waals surface area contributed by atoms with E-state index in [-0.39, 0.29) is 11.5 Å². The number of anilines is 1. The first-order valence-corrected chi connectivity index (χ1v) is 6.55. The third kappa shape index (κ3) is 2.96. The van der Waals surface area contributed by atoms with Crippen LogP contribution < -0.4 is 10.9 Å². The van der Waals surface area contributed by atoms with Crippen molar-refractivity contribution in [2.24, 2.45) is 0 Å². The topological polar surface area (TPSA) is 51.1 Å². The van der Waals surface area contributed by atoms with Crippen molar-refractivity contribution in [3.05, 3.63) is 64.1 Å². The highest BCUT2D eigenvalue weighted by atomic mass is 16.2. The van der Waals surface area contributed by atoms with Gasteiger partial charge in [-0.2, -0.15) is 0 Å². The van der Waals surface area contributed by atoms with Crippen molar-refractivity contribution in [1.82, 2.24) is 4.57 Å². The van der Waals surface area contributed by atoms with E-state index in [4.69, 9.17) is 0 Å². The Labute approximate surface area is 118 Å². The molecular weight excluding hydrogens is 252 g/mol. The second kappa shape index (κ2) is 5.74. The van der Waals surface area contributed by atoms with E-state index in [1.807, 2.05) is 44.2 Å². The van der Waals surface area contributed by atoms with Gasteiger partial charge < -0.3 is 9.88 Å². The fourth-order valence-corrected chi connectivity index (χ4v) is 2.10. The number of pyridine rings is 1. The Morgan fingerprint density at radius 1 is 1.10 bits per heavy atom. The largest absolute Gasteiger partial charge is 0.324 e. The summed E-state index contributed by atoms with van der Waals surface area (Å²) in [6.07, 6.45) is 0. The molecule has 1 amide bonds. The number of amides is 1. The molecule has 0 spiro atoms. The number of hydrogen-bond acceptors (Lipinski definition) is 2. The zero-order valence-corrected chi connectivity index (χ0v) is 11.9. The van der Waals surface area contributed by atoms with Gasteiger partial charge in [-0.15, -0.1) is 0 Å². The van der Waals surface area contributed by atoms with Gasteiger partial charge in [0.2, 0.25) is 5.91 Å². The highest BCUT2D eigenvalue weighted by Crippen LogP contribution is 2.13. The highest BCUT2D eigenvalue weighted by molar-refractivity contribution is 5.93. The molecule has 4 nitrogen and oxygen atoms in total. The number of benzene rings is 1. The van der Waals surface area contributed by atoms with Crippen LogP contribution in [-0.4, -0.2) is 10.5 Å². The van der Waals surface area contributed by atoms with Crippen molar-refractivity contribution >= 4 is 11.6 Å². The third-order valence-corrected chi connectivity index (χ3v) is 3.28. The van der Waals surface area contributed by atoms with Crippen LogP contribution in [0.3, 0.4) is 0 Å². The van der Waals surface area contributed by atoms with Crippen molar-refractivity contribution in [3.8, 4) is 0 Å². The van der Waals surface area contributed by atoms with Crippen LogP contribution in [-0.2, 0) is 4.79 Å². The Morgan fingerprint density at radius 2 is 1.75 bits per heavy atom. The van der Waals surface area contributed by atoms with Crippen molar-refractivity contribution in [3.63, 3.8) is 0 Å². The minimum atomic E-state index is -0.551. The number of carbonyl (C=O) groups is 1. The first-order chi connectivity index (χ1) is 9.49. The zero-order valence-electron chi connectivity index (χ0n) is 11.9. The summed E-state index contributed by atoms with van der Waals surface area (Å²) in [4.78, 5) is 24.1. The van der Waals surface area contributed by atoms with Crippen molar-refractivity contribution in [2.75, 3.05) is 5.32 Å². The lowest BCUT2D eigenvalue weighted by Gasteiger charge is -2.17. The molecule has 1 aromatic carbocycles. The van der Waals surface area contributed by atoms with E-state index in [9.17, 15) is 9.59 Å². The highest BCUT2D eigenvalue weighted by Gasteiger charge is 2.17. The number of carbonyl (C=O) groups excluding carboxylic acids is 1. The molecule has 0 bridgehead atoms. The molecule has 0 aliphatic rings. The van der Waals surface area contributed by atoms with Crippen LogP contribution in [0.5, 0.6) is 0 Å². The SMILES string of the molecule is Cc1ccc(NC(=O)C(C)n2c(C)cccc2=O)cc1. The molecule has 1 atom stereocenters. The molecule has 20 heavy (non-hydrogen) atoms. The van der Waals surface area contributed by atoms with Crippen molar-refractivity contribution < 1.29 is 4.79 Å². The van der Waals surface area contributed by atoms with Crippen LogP contribution in [0.1, 0.15) is 24.2 Å². The van der Waals surface area contributed by atoms with E-state index < -0.39 is 6.04 Å². The molecule has 0 saturated heterocycles. The van der Waals surface area contributed by atoms with E-state index in [1.54, 1.807) is 13.0 Å². The van der Waals surface area contributed by atoms with E-state index >= 15 is 0 Å². The van der Waals surface area contributed by atoms with E-state index in [2.05, 4.69) is 5.32 Å². The Hall–Kier alpha value is -2.36. The van der Waals surface area contributed by atoms with Gasteiger partial charge >= 0.3 is 0 Å². The summed E-state index contributed by atoms with van der Waals surface area (Å²) < 4.78 is 1.49. The maximum atomic E-state index is 12.2. The fraction of sp³-hybridized carbons (Fsp3) is 0.250. The molecular formula is C16H18N2O2. The van der Waals surface area contributed by atoms with E-state index in [1.165, 1.54) is 10.6 Å². The first kappa shape index (κ1) is 14.1. The van der Waals surface area contributed by atoms with Gasteiger partial charge in [0.1, 0.15) is 6.04 Å². The van der Waals surface area contributed by atoms with Gasteiger partial charge in [0.05, 0.1) is 0 Å². The summed E-state index contributed by atoms with van der Waals surface area (Å²) >= 11 is 0. The molecule has 0 aliphatic heterocycles. The molecule has 2 aromatic rings. The molecule has 0 saturated carbocycles. The van der Waals surface area contributed by atoms with Crippen molar-refractivity contribution in [1.29, 1.82) is 0 Å². The van der Waals surface area contributed by atoms with Gasteiger partial charge in [0.15, 0.2) is 0 Å². The summed E-state index contributed by atoms with van der Waals surface area (Å²) in [5.74, 6) is -0.203. The summed E-state index contributed by atoms with van der Waals surface area (Å²) in [5.41, 5.74) is 2.46. The number of rotatable bonds is 3. The number of aromatic nitrogens is 1. The van der Waals surface area contributed by atoms with Crippen molar-refractivity contribution in [2.45, 2.75) is 26.8 Å². The maximum Gasteiger partial charge on any atom is 0.251 e. The Balaban J connectivity index is 2.21. The summed E-state index contributed by atoms with van der Waals surface area (Å²) in [7, 11) is 0. The molecule has 0 aliphatic carbocycles.